The van der Waals surface area contributed by atoms with Gasteiger partial charge in [-0.15, -0.1) is 10.2 Å². The number of hydrogen-bond donors (Lipinski definition) is 0. The summed E-state index contributed by atoms with van der Waals surface area (Å²) < 4.78 is 30.7. The van der Waals surface area contributed by atoms with E-state index in [1.165, 1.54) is 11.8 Å². The molecule has 0 spiro atoms. The molecule has 3 aromatic rings. The van der Waals surface area contributed by atoms with Crippen molar-refractivity contribution in [2.24, 2.45) is 5.92 Å². The average molecular weight is 473 g/mol. The summed E-state index contributed by atoms with van der Waals surface area (Å²) in [6.45, 7) is 2.51. The van der Waals surface area contributed by atoms with Crippen molar-refractivity contribution < 1.29 is 17.9 Å². The first-order valence-electron chi connectivity index (χ1n) is 10.4. The summed E-state index contributed by atoms with van der Waals surface area (Å²) in [4.78, 5) is 16.7. The highest BCUT2D eigenvalue weighted by atomic mass is 32.2. The third-order valence-corrected chi connectivity index (χ3v) is 7.99. The zero-order valence-corrected chi connectivity index (χ0v) is 19.3. The molecule has 0 N–H and O–H groups in total. The minimum absolute atomic E-state index is 0.0151. The molecule has 32 heavy (non-hydrogen) atoms. The first kappa shape index (κ1) is 22.5. The molecule has 8 nitrogen and oxygen atoms in total. The fourth-order valence-corrected chi connectivity index (χ4v) is 6.38. The van der Waals surface area contributed by atoms with E-state index in [0.29, 0.717) is 24.0 Å². The highest BCUT2D eigenvalue weighted by molar-refractivity contribution is 7.99. The van der Waals surface area contributed by atoms with Gasteiger partial charge in [-0.1, -0.05) is 11.8 Å². The maximum atomic E-state index is 12.5. The highest BCUT2D eigenvalue weighted by Gasteiger charge is 2.29. The molecule has 0 amide bonds. The molecule has 1 atom stereocenters. The summed E-state index contributed by atoms with van der Waals surface area (Å²) in [7, 11) is -2.99. The van der Waals surface area contributed by atoms with Crippen LogP contribution in [0.5, 0.6) is 5.75 Å². The van der Waals surface area contributed by atoms with Crippen molar-refractivity contribution in [1.29, 1.82) is 0 Å². The minimum atomic E-state index is -2.99. The zero-order valence-electron chi connectivity index (χ0n) is 17.7. The van der Waals surface area contributed by atoms with Crippen LogP contribution < -0.4 is 4.74 Å². The van der Waals surface area contributed by atoms with E-state index in [2.05, 4.69) is 15.2 Å². The number of carbonyl (C=O) groups is 1. The predicted molar refractivity (Wildman–Crippen MR) is 123 cm³/mol. The monoisotopic (exact) mass is 472 g/mol. The number of nitrogens with zero attached hydrogens (tertiary/aromatic N) is 4. The standard InChI is InChI=1S/C22H24N4O4S2/c1-2-30-20-7-5-18(6-8-20)26-21(17-4-3-10-23-13-17)24-25-22(26)31-14-19(27)12-16-9-11-32(28,29)15-16/h3-8,10,13,16H,2,9,11-12,14-15H2,1H3. The third-order valence-electron chi connectivity index (χ3n) is 5.16. The molecule has 1 unspecified atom stereocenters. The van der Waals surface area contributed by atoms with Gasteiger partial charge in [0.25, 0.3) is 0 Å². The quantitative estimate of drug-likeness (QED) is 0.437. The highest BCUT2D eigenvalue weighted by Crippen LogP contribution is 2.29. The number of aromatic nitrogens is 4. The van der Waals surface area contributed by atoms with E-state index < -0.39 is 9.84 Å². The molecule has 1 aliphatic heterocycles. The van der Waals surface area contributed by atoms with Crippen LogP contribution in [0.2, 0.25) is 0 Å². The second-order valence-corrected chi connectivity index (χ2v) is 10.8. The van der Waals surface area contributed by atoms with Crippen LogP contribution in [0.25, 0.3) is 17.1 Å². The lowest BCUT2D eigenvalue weighted by atomic mass is 10.0. The Morgan fingerprint density at radius 3 is 2.69 bits per heavy atom. The number of thioether (sulfide) groups is 1. The molecule has 0 radical (unpaired) electrons. The van der Waals surface area contributed by atoms with Crippen LogP contribution in [-0.2, 0) is 14.6 Å². The number of pyridine rings is 1. The average Bonchev–Trinajstić information content (AvgIpc) is 3.36. The molecule has 3 heterocycles. The van der Waals surface area contributed by atoms with Gasteiger partial charge < -0.3 is 4.74 Å². The van der Waals surface area contributed by atoms with Crippen molar-refractivity contribution in [3.05, 3.63) is 48.8 Å². The molecular weight excluding hydrogens is 448 g/mol. The molecule has 0 bridgehead atoms. The smallest absolute Gasteiger partial charge is 0.196 e. The van der Waals surface area contributed by atoms with Gasteiger partial charge in [0.2, 0.25) is 0 Å². The Morgan fingerprint density at radius 2 is 2.03 bits per heavy atom. The van der Waals surface area contributed by atoms with Gasteiger partial charge in [-0.05, 0) is 55.7 Å². The molecule has 2 aromatic heterocycles. The molecular formula is C22H24N4O4S2. The Bertz CT molecular complexity index is 1180. The summed E-state index contributed by atoms with van der Waals surface area (Å²) in [5, 5.41) is 9.26. The van der Waals surface area contributed by atoms with Crippen molar-refractivity contribution >= 4 is 27.4 Å². The molecule has 1 aliphatic rings. The maximum absolute atomic E-state index is 12.5. The van der Waals surface area contributed by atoms with Crippen molar-refractivity contribution in [2.45, 2.75) is 24.9 Å². The van der Waals surface area contributed by atoms with Gasteiger partial charge in [-0.25, -0.2) is 8.42 Å². The number of carbonyl (C=O) groups excluding carboxylic acids is 1. The van der Waals surface area contributed by atoms with E-state index in [-0.39, 0.29) is 35.4 Å². The third kappa shape index (κ3) is 5.36. The Hall–Kier alpha value is -2.72. The molecule has 10 heteroatoms. The Balaban J connectivity index is 1.55. The lowest BCUT2D eigenvalue weighted by Gasteiger charge is -2.11. The summed E-state index contributed by atoms with van der Waals surface area (Å²) in [5.41, 5.74) is 1.65. The van der Waals surface area contributed by atoms with Gasteiger partial charge in [0.15, 0.2) is 20.8 Å². The summed E-state index contributed by atoms with van der Waals surface area (Å²) in [6, 6.07) is 11.3. The zero-order chi connectivity index (χ0) is 22.6. The lowest BCUT2D eigenvalue weighted by molar-refractivity contribution is -0.117. The van der Waals surface area contributed by atoms with Gasteiger partial charge >= 0.3 is 0 Å². The van der Waals surface area contributed by atoms with E-state index >= 15 is 0 Å². The number of rotatable bonds is 9. The molecule has 1 saturated heterocycles. The normalized spacial score (nSPS) is 17.3. The van der Waals surface area contributed by atoms with Gasteiger partial charge in [0.1, 0.15) is 11.5 Å². The molecule has 1 fully saturated rings. The van der Waals surface area contributed by atoms with E-state index in [0.717, 1.165) is 17.0 Å². The van der Waals surface area contributed by atoms with Crippen molar-refractivity contribution in [3.8, 4) is 22.8 Å². The van der Waals surface area contributed by atoms with Crippen molar-refractivity contribution in [3.63, 3.8) is 0 Å². The Kier molecular flexibility index (Phi) is 6.90. The number of sulfone groups is 1. The number of Topliss-reactive ketones (excluding diaryl/α,β-unsaturated/α-hetero) is 1. The second-order valence-electron chi connectivity index (χ2n) is 7.61. The van der Waals surface area contributed by atoms with Crippen LogP contribution >= 0.6 is 11.8 Å². The number of hydrogen-bond acceptors (Lipinski definition) is 8. The SMILES string of the molecule is CCOc1ccc(-n2c(SCC(=O)CC3CCS(=O)(=O)C3)nnc2-c2cccnc2)cc1. The predicted octanol–water partition coefficient (Wildman–Crippen LogP) is 3.21. The van der Waals surface area contributed by atoms with E-state index in [1.807, 2.05) is 47.9 Å². The molecule has 0 saturated carbocycles. The van der Waals surface area contributed by atoms with E-state index in [9.17, 15) is 13.2 Å². The van der Waals surface area contributed by atoms with Gasteiger partial charge in [-0.3, -0.25) is 14.3 Å². The van der Waals surface area contributed by atoms with Crippen LogP contribution in [0.15, 0.2) is 53.9 Å². The van der Waals surface area contributed by atoms with Crippen LogP contribution in [0.3, 0.4) is 0 Å². The summed E-state index contributed by atoms with van der Waals surface area (Å²) in [5.74, 6) is 1.82. The van der Waals surface area contributed by atoms with Crippen LogP contribution in [0.1, 0.15) is 19.8 Å². The first-order chi connectivity index (χ1) is 15.4. The van der Waals surface area contributed by atoms with E-state index in [4.69, 9.17) is 4.74 Å². The lowest BCUT2D eigenvalue weighted by Crippen LogP contribution is -2.12. The van der Waals surface area contributed by atoms with Crippen molar-refractivity contribution in [1.82, 2.24) is 19.7 Å². The molecule has 4 rings (SSSR count). The van der Waals surface area contributed by atoms with E-state index in [1.54, 1.807) is 12.4 Å². The Labute approximate surface area is 191 Å². The number of ether oxygens (including phenoxy) is 1. The Morgan fingerprint density at radius 1 is 1.22 bits per heavy atom. The fraction of sp³-hybridized carbons (Fsp3) is 0.364. The van der Waals surface area contributed by atoms with Gasteiger partial charge in [0.05, 0.1) is 23.9 Å². The first-order valence-corrected chi connectivity index (χ1v) is 13.2. The largest absolute Gasteiger partial charge is 0.494 e. The minimum Gasteiger partial charge on any atom is -0.494 e. The van der Waals surface area contributed by atoms with Crippen LogP contribution in [0.4, 0.5) is 0 Å². The van der Waals surface area contributed by atoms with Crippen LogP contribution in [-0.4, -0.2) is 57.8 Å². The van der Waals surface area contributed by atoms with Gasteiger partial charge in [-0.2, -0.15) is 0 Å². The topological polar surface area (TPSA) is 104 Å². The number of benzene rings is 1. The molecule has 0 aliphatic carbocycles. The maximum Gasteiger partial charge on any atom is 0.196 e. The number of ketones is 1. The summed E-state index contributed by atoms with van der Waals surface area (Å²) in [6.07, 6.45) is 4.25. The summed E-state index contributed by atoms with van der Waals surface area (Å²) >= 11 is 1.30. The molecule has 1 aromatic carbocycles. The van der Waals surface area contributed by atoms with Crippen molar-refractivity contribution in [2.75, 3.05) is 23.9 Å². The molecule has 168 valence electrons. The van der Waals surface area contributed by atoms with Gasteiger partial charge in [0, 0.05) is 30.1 Å². The van der Waals surface area contributed by atoms with Crippen LogP contribution in [0, 0.1) is 5.92 Å². The second kappa shape index (κ2) is 9.83. The fourth-order valence-electron chi connectivity index (χ4n) is 3.70.